The van der Waals surface area contributed by atoms with Gasteiger partial charge in [-0.15, -0.1) is 22.7 Å². The molecule has 0 bridgehead atoms. The molecule has 2 N–H and O–H groups in total. The van der Waals surface area contributed by atoms with E-state index < -0.39 is 7.12 Å². The Kier molecular flexibility index (Phi) is 13.0. The second-order valence-corrected chi connectivity index (χ2v) is 9.87. The Morgan fingerprint density at radius 3 is 1.81 bits per heavy atom. The van der Waals surface area contributed by atoms with Crippen LogP contribution in [-0.4, -0.2) is 52.3 Å². The van der Waals surface area contributed by atoms with Gasteiger partial charge in [0.25, 0.3) is 0 Å². The van der Waals surface area contributed by atoms with Crippen LogP contribution >= 0.6 is 38.6 Å². The van der Waals surface area contributed by atoms with Gasteiger partial charge in [0.05, 0.1) is 28.1 Å². The van der Waals surface area contributed by atoms with Crippen molar-refractivity contribution in [3.8, 4) is 10.4 Å². The summed E-state index contributed by atoms with van der Waals surface area (Å²) in [5, 5.41) is 20.7. The standard InChI is InChI=1S/C12H11NO2S.C7H7BrO2S.C5H6BNO2/c1-2-15-12(14)10-7-11(16-8-10)9-3-5-13-6-4-9;1-2-10-7(9)5-3-6(8)11-4-5;8-6(9)5-1-3-7-4-2-5/h3-8H,2H2,1H3;3-4H,2H2,1H3;1-4,8-9H. The van der Waals surface area contributed by atoms with Crippen LogP contribution in [0.3, 0.4) is 0 Å². The van der Waals surface area contributed by atoms with Gasteiger partial charge in [0, 0.05) is 40.4 Å². The summed E-state index contributed by atoms with van der Waals surface area (Å²) >= 11 is 6.26. The second kappa shape index (κ2) is 16.0. The zero-order valence-corrected chi connectivity index (χ0v) is 22.8. The number of carbonyl (C=O) groups is 2. The zero-order chi connectivity index (χ0) is 26.3. The normalized spacial score (nSPS) is 9.69. The van der Waals surface area contributed by atoms with E-state index in [1.165, 1.54) is 35.1 Å². The predicted octanol–water partition coefficient (Wildman–Crippen LogP) is 4.44. The molecule has 0 saturated carbocycles. The molecule has 0 aliphatic heterocycles. The molecule has 0 aromatic carbocycles. The molecular weight excluding hydrogens is 567 g/mol. The van der Waals surface area contributed by atoms with Crippen molar-refractivity contribution < 1.29 is 29.1 Å². The fourth-order valence-corrected chi connectivity index (χ4v) is 4.50. The number of carbonyl (C=O) groups excluding carboxylic acids is 2. The second-order valence-electron chi connectivity index (χ2n) is 6.67. The van der Waals surface area contributed by atoms with Crippen LogP contribution in [-0.2, 0) is 9.47 Å². The van der Waals surface area contributed by atoms with Crippen LogP contribution in [0.2, 0.25) is 0 Å². The minimum absolute atomic E-state index is 0.255. The van der Waals surface area contributed by atoms with Gasteiger partial charge in [-0.25, -0.2) is 9.59 Å². The van der Waals surface area contributed by atoms with E-state index in [9.17, 15) is 9.59 Å². The Hall–Kier alpha value is -2.90. The Labute approximate surface area is 225 Å². The number of thiophene rings is 2. The van der Waals surface area contributed by atoms with E-state index in [4.69, 9.17) is 19.5 Å². The van der Waals surface area contributed by atoms with Crippen molar-refractivity contribution >= 4 is 63.1 Å². The number of nitrogens with zero attached hydrogens (tertiary/aromatic N) is 2. The molecule has 0 atom stereocenters. The fourth-order valence-electron chi connectivity index (χ4n) is 2.49. The average molecular weight is 591 g/mol. The van der Waals surface area contributed by atoms with E-state index >= 15 is 0 Å². The Morgan fingerprint density at radius 2 is 1.36 bits per heavy atom. The minimum atomic E-state index is -1.38. The van der Waals surface area contributed by atoms with E-state index in [2.05, 4.69) is 25.9 Å². The first-order chi connectivity index (χ1) is 17.3. The van der Waals surface area contributed by atoms with Gasteiger partial charge in [0.15, 0.2) is 0 Å². The topological polar surface area (TPSA) is 119 Å². The van der Waals surface area contributed by atoms with Gasteiger partial charge in [-0.05, 0) is 77.2 Å². The van der Waals surface area contributed by atoms with Crippen molar-refractivity contribution in [1.82, 2.24) is 9.97 Å². The first-order valence-electron chi connectivity index (χ1n) is 10.7. The van der Waals surface area contributed by atoms with Crippen LogP contribution in [0.1, 0.15) is 34.6 Å². The summed E-state index contributed by atoms with van der Waals surface area (Å²) in [6.07, 6.45) is 6.49. The number of halogens is 1. The summed E-state index contributed by atoms with van der Waals surface area (Å²) in [6, 6.07) is 10.5. The van der Waals surface area contributed by atoms with Gasteiger partial charge in [0.2, 0.25) is 0 Å². The lowest BCUT2D eigenvalue weighted by Crippen LogP contribution is -2.29. The third-order valence-electron chi connectivity index (χ3n) is 4.16. The molecule has 0 unspecified atom stereocenters. The lowest BCUT2D eigenvalue weighted by molar-refractivity contribution is 0.0517. The van der Waals surface area contributed by atoms with E-state index in [1.54, 1.807) is 49.8 Å². The highest BCUT2D eigenvalue weighted by Crippen LogP contribution is 2.26. The smallest absolute Gasteiger partial charge is 0.462 e. The first-order valence-corrected chi connectivity index (χ1v) is 13.2. The summed E-state index contributed by atoms with van der Waals surface area (Å²) < 4.78 is 10.7. The van der Waals surface area contributed by atoms with Crippen LogP contribution in [0.15, 0.2) is 75.7 Å². The summed E-state index contributed by atoms with van der Waals surface area (Å²) in [6.45, 7) is 4.42. The maximum Gasteiger partial charge on any atom is 0.488 e. The van der Waals surface area contributed by atoms with Crippen molar-refractivity contribution in [3.05, 3.63) is 86.9 Å². The molecule has 4 aromatic heterocycles. The quantitative estimate of drug-likeness (QED) is 0.250. The molecule has 0 radical (unpaired) electrons. The monoisotopic (exact) mass is 590 g/mol. The molecule has 8 nitrogen and oxygen atoms in total. The number of esters is 2. The molecule has 0 fully saturated rings. The summed E-state index contributed by atoms with van der Waals surface area (Å²) in [7, 11) is -1.38. The highest BCUT2D eigenvalue weighted by atomic mass is 79.9. The Bertz CT molecular complexity index is 1210. The minimum Gasteiger partial charge on any atom is -0.462 e. The lowest BCUT2D eigenvalue weighted by Gasteiger charge is -1.97. The van der Waals surface area contributed by atoms with Gasteiger partial charge in [-0.1, -0.05) is 0 Å². The predicted molar refractivity (Wildman–Crippen MR) is 146 cm³/mol. The van der Waals surface area contributed by atoms with E-state index in [0.717, 1.165) is 14.2 Å². The van der Waals surface area contributed by atoms with Crippen molar-refractivity contribution in [3.63, 3.8) is 0 Å². The van der Waals surface area contributed by atoms with E-state index in [-0.39, 0.29) is 11.9 Å². The highest BCUT2D eigenvalue weighted by Gasteiger charge is 2.10. The molecule has 0 aliphatic carbocycles. The van der Waals surface area contributed by atoms with Gasteiger partial charge in [0.1, 0.15) is 0 Å². The number of pyridine rings is 2. The third kappa shape index (κ3) is 10.00. The molecule has 0 spiro atoms. The Morgan fingerprint density at radius 1 is 0.861 bits per heavy atom. The van der Waals surface area contributed by atoms with Gasteiger partial charge in [-0.2, -0.15) is 0 Å². The van der Waals surface area contributed by atoms with E-state index in [1.807, 2.05) is 23.6 Å². The molecular formula is C24H24BBrN2O6S2. The largest absolute Gasteiger partial charge is 0.488 e. The summed E-state index contributed by atoms with van der Waals surface area (Å²) in [5.41, 5.74) is 2.75. The molecule has 188 valence electrons. The lowest BCUT2D eigenvalue weighted by atomic mass is 9.81. The van der Waals surface area contributed by atoms with Crippen LogP contribution in [0, 0.1) is 0 Å². The van der Waals surface area contributed by atoms with E-state index in [0.29, 0.717) is 29.8 Å². The number of rotatable bonds is 6. The molecule has 4 heterocycles. The molecule has 0 aliphatic rings. The van der Waals surface area contributed by atoms with Crippen LogP contribution in [0.4, 0.5) is 0 Å². The van der Waals surface area contributed by atoms with Crippen molar-refractivity contribution in [2.24, 2.45) is 0 Å². The first kappa shape index (κ1) is 29.3. The number of ether oxygens (including phenoxy) is 2. The third-order valence-corrected chi connectivity index (χ3v) is 6.64. The maximum absolute atomic E-state index is 11.5. The van der Waals surface area contributed by atoms with Crippen molar-refractivity contribution in [2.75, 3.05) is 13.2 Å². The number of hydrogen-bond donors (Lipinski definition) is 2. The van der Waals surface area contributed by atoms with Crippen molar-refractivity contribution in [1.29, 1.82) is 0 Å². The summed E-state index contributed by atoms with van der Waals surface area (Å²) in [4.78, 5) is 31.2. The van der Waals surface area contributed by atoms with Gasteiger partial charge in [-0.3, -0.25) is 9.97 Å². The molecule has 4 aromatic rings. The summed E-state index contributed by atoms with van der Waals surface area (Å²) in [5.74, 6) is -0.520. The molecule has 0 saturated heterocycles. The van der Waals surface area contributed by atoms with Crippen LogP contribution in [0.25, 0.3) is 10.4 Å². The number of aromatic nitrogens is 2. The van der Waals surface area contributed by atoms with Crippen molar-refractivity contribution in [2.45, 2.75) is 13.8 Å². The fraction of sp³-hybridized carbons (Fsp3) is 0.167. The average Bonchev–Trinajstić information content (AvgIpc) is 3.56. The highest BCUT2D eigenvalue weighted by molar-refractivity contribution is 9.11. The molecule has 12 heteroatoms. The zero-order valence-electron chi connectivity index (χ0n) is 19.5. The van der Waals surface area contributed by atoms with Crippen LogP contribution in [0.5, 0.6) is 0 Å². The number of hydrogen-bond acceptors (Lipinski definition) is 10. The van der Waals surface area contributed by atoms with Gasteiger partial charge < -0.3 is 19.5 Å². The SMILES string of the molecule is CCOC(=O)c1csc(-c2ccncc2)c1.CCOC(=O)c1csc(Br)c1.OB(O)c1ccncc1. The van der Waals surface area contributed by atoms with Gasteiger partial charge >= 0.3 is 19.1 Å². The Balaban J connectivity index is 0.000000200. The molecule has 36 heavy (non-hydrogen) atoms. The molecule has 0 amide bonds. The van der Waals surface area contributed by atoms with Crippen LogP contribution < -0.4 is 5.46 Å². The maximum atomic E-state index is 11.5. The molecule has 4 rings (SSSR count).